The summed E-state index contributed by atoms with van der Waals surface area (Å²) in [6.07, 6.45) is 8.36. The normalized spacial score (nSPS) is 17.8. The molecule has 26 heavy (non-hydrogen) atoms. The third-order valence-corrected chi connectivity index (χ3v) is 5.26. The van der Waals surface area contributed by atoms with Crippen molar-refractivity contribution in [3.05, 3.63) is 41.5 Å². The topological polar surface area (TPSA) is 92.1 Å². The average molecular weight is 353 g/mol. The van der Waals surface area contributed by atoms with Gasteiger partial charge in [-0.2, -0.15) is 10.1 Å². The maximum Gasteiger partial charge on any atom is 0.252 e. The first kappa shape index (κ1) is 16.7. The third kappa shape index (κ3) is 3.07. The molecule has 1 saturated heterocycles. The fraction of sp³-hybridized carbons (Fsp3) is 0.500. The molecule has 1 fully saturated rings. The van der Waals surface area contributed by atoms with Crippen LogP contribution in [0, 0.1) is 13.8 Å². The summed E-state index contributed by atoms with van der Waals surface area (Å²) in [5.74, 6) is 2.08. The van der Waals surface area contributed by atoms with Crippen molar-refractivity contribution in [1.82, 2.24) is 34.4 Å². The second kappa shape index (κ2) is 6.86. The molecule has 0 radical (unpaired) electrons. The van der Waals surface area contributed by atoms with Gasteiger partial charge in [0.2, 0.25) is 5.91 Å². The molecule has 136 valence electrons. The lowest BCUT2D eigenvalue weighted by Crippen LogP contribution is -2.39. The van der Waals surface area contributed by atoms with Crippen LogP contribution in [-0.4, -0.2) is 53.4 Å². The number of nitrogens with one attached hydrogen (secondary N) is 1. The molecule has 0 unspecified atom stereocenters. The van der Waals surface area contributed by atoms with Crippen LogP contribution in [0.25, 0.3) is 5.78 Å². The van der Waals surface area contributed by atoms with Gasteiger partial charge in [0, 0.05) is 49.2 Å². The van der Waals surface area contributed by atoms with Crippen molar-refractivity contribution >= 4 is 11.7 Å². The third-order valence-electron chi connectivity index (χ3n) is 5.26. The fourth-order valence-electron chi connectivity index (χ4n) is 3.83. The Morgan fingerprint density at radius 1 is 1.35 bits per heavy atom. The fourth-order valence-corrected chi connectivity index (χ4v) is 3.83. The number of aromatic nitrogens is 6. The number of carbonyl (C=O) groups excluding carboxylic acids is 1. The SMILES string of the molecule is Cc1nc2ncnn2c(C)c1CCC(=O)N1CCC[C@@H](c2ncc[nH]2)C1. The van der Waals surface area contributed by atoms with E-state index in [2.05, 4.69) is 25.0 Å². The molecular weight excluding hydrogens is 330 g/mol. The van der Waals surface area contributed by atoms with Gasteiger partial charge in [-0.3, -0.25) is 4.79 Å². The molecule has 0 saturated carbocycles. The van der Waals surface area contributed by atoms with Crippen LogP contribution in [0.4, 0.5) is 0 Å². The molecule has 0 aliphatic carbocycles. The van der Waals surface area contributed by atoms with Gasteiger partial charge >= 0.3 is 0 Å². The summed E-state index contributed by atoms with van der Waals surface area (Å²) >= 11 is 0. The summed E-state index contributed by atoms with van der Waals surface area (Å²) in [5.41, 5.74) is 3.00. The molecule has 1 amide bonds. The minimum Gasteiger partial charge on any atom is -0.348 e. The van der Waals surface area contributed by atoms with Crippen molar-refractivity contribution in [1.29, 1.82) is 0 Å². The highest BCUT2D eigenvalue weighted by molar-refractivity contribution is 5.76. The van der Waals surface area contributed by atoms with Crippen LogP contribution in [0.1, 0.15) is 48.0 Å². The van der Waals surface area contributed by atoms with Crippen LogP contribution in [0.3, 0.4) is 0 Å². The van der Waals surface area contributed by atoms with Crippen LogP contribution in [0.2, 0.25) is 0 Å². The Kier molecular flexibility index (Phi) is 4.40. The van der Waals surface area contributed by atoms with Crippen LogP contribution in [0.5, 0.6) is 0 Å². The van der Waals surface area contributed by atoms with Crippen LogP contribution in [-0.2, 0) is 11.2 Å². The molecule has 0 aromatic carbocycles. The number of nitrogens with zero attached hydrogens (tertiary/aromatic N) is 6. The summed E-state index contributed by atoms with van der Waals surface area (Å²) in [6, 6.07) is 0. The maximum absolute atomic E-state index is 12.8. The number of rotatable bonds is 4. The first-order valence-electron chi connectivity index (χ1n) is 9.06. The lowest BCUT2D eigenvalue weighted by atomic mass is 9.96. The zero-order valence-corrected chi connectivity index (χ0v) is 15.1. The van der Waals surface area contributed by atoms with Crippen molar-refractivity contribution in [2.75, 3.05) is 13.1 Å². The first-order valence-corrected chi connectivity index (χ1v) is 9.06. The van der Waals surface area contributed by atoms with E-state index in [1.165, 1.54) is 6.33 Å². The van der Waals surface area contributed by atoms with E-state index < -0.39 is 0 Å². The Hall–Kier alpha value is -2.77. The van der Waals surface area contributed by atoms with Crippen LogP contribution < -0.4 is 0 Å². The number of carbonyl (C=O) groups is 1. The van der Waals surface area contributed by atoms with Crippen LogP contribution in [0.15, 0.2) is 18.7 Å². The van der Waals surface area contributed by atoms with E-state index in [9.17, 15) is 4.79 Å². The Balaban J connectivity index is 1.44. The van der Waals surface area contributed by atoms with Crippen molar-refractivity contribution in [2.24, 2.45) is 0 Å². The molecule has 8 heteroatoms. The van der Waals surface area contributed by atoms with Gasteiger partial charge in [0.05, 0.1) is 0 Å². The minimum atomic E-state index is 0.193. The summed E-state index contributed by atoms with van der Waals surface area (Å²) < 4.78 is 1.74. The minimum absolute atomic E-state index is 0.193. The molecule has 3 aromatic rings. The Bertz CT molecular complexity index is 915. The quantitative estimate of drug-likeness (QED) is 0.772. The highest BCUT2D eigenvalue weighted by Gasteiger charge is 2.26. The summed E-state index contributed by atoms with van der Waals surface area (Å²) in [5, 5.41) is 4.21. The molecule has 1 aliphatic heterocycles. The monoisotopic (exact) mass is 353 g/mol. The number of hydrogen-bond acceptors (Lipinski definition) is 5. The summed E-state index contributed by atoms with van der Waals surface area (Å²) in [7, 11) is 0. The average Bonchev–Trinajstić information content (AvgIpc) is 3.33. The largest absolute Gasteiger partial charge is 0.348 e. The van der Waals surface area contributed by atoms with Crippen LogP contribution >= 0.6 is 0 Å². The number of likely N-dealkylation sites (tertiary alicyclic amines) is 1. The highest BCUT2D eigenvalue weighted by atomic mass is 16.2. The van der Waals surface area contributed by atoms with Crippen molar-refractivity contribution in [3.63, 3.8) is 0 Å². The number of imidazole rings is 1. The van der Waals surface area contributed by atoms with E-state index in [0.29, 0.717) is 24.5 Å². The number of amides is 1. The highest BCUT2D eigenvalue weighted by Crippen LogP contribution is 2.25. The van der Waals surface area contributed by atoms with E-state index >= 15 is 0 Å². The predicted molar refractivity (Wildman–Crippen MR) is 95.7 cm³/mol. The molecular formula is C18H23N7O. The molecule has 1 N–H and O–H groups in total. The predicted octanol–water partition coefficient (Wildman–Crippen LogP) is 1.80. The number of H-pyrrole nitrogens is 1. The smallest absolute Gasteiger partial charge is 0.252 e. The molecule has 8 nitrogen and oxygen atoms in total. The van der Waals surface area contributed by atoms with Crippen molar-refractivity contribution < 1.29 is 4.79 Å². The van der Waals surface area contributed by atoms with E-state index in [1.807, 2.05) is 24.9 Å². The summed E-state index contributed by atoms with van der Waals surface area (Å²) in [4.78, 5) is 30.9. The Morgan fingerprint density at radius 3 is 3.04 bits per heavy atom. The second-order valence-electron chi connectivity index (χ2n) is 6.89. The van der Waals surface area contributed by atoms with Gasteiger partial charge in [0.25, 0.3) is 5.78 Å². The Morgan fingerprint density at radius 2 is 2.23 bits per heavy atom. The van der Waals surface area contributed by atoms with Gasteiger partial charge in [0.15, 0.2) is 0 Å². The molecule has 0 spiro atoms. The molecule has 3 aromatic heterocycles. The number of aromatic amines is 1. The molecule has 0 bridgehead atoms. The van der Waals surface area contributed by atoms with E-state index in [1.54, 1.807) is 10.7 Å². The second-order valence-corrected chi connectivity index (χ2v) is 6.89. The number of piperidine rings is 1. The standard InChI is InChI=1S/C18H23N7O/c1-12-15(13(2)25-18(23-12)21-11-22-25)5-6-16(26)24-9-3-4-14(10-24)17-19-7-8-20-17/h7-8,11,14H,3-6,9-10H2,1-2H3,(H,19,20)/t14-/m1/s1. The van der Waals surface area contributed by atoms with Crippen molar-refractivity contribution in [2.45, 2.75) is 45.4 Å². The summed E-state index contributed by atoms with van der Waals surface area (Å²) in [6.45, 7) is 5.54. The van der Waals surface area contributed by atoms with Gasteiger partial charge in [-0.1, -0.05) is 0 Å². The Labute approximate surface area is 151 Å². The lowest BCUT2D eigenvalue weighted by Gasteiger charge is -2.32. The van der Waals surface area contributed by atoms with E-state index in [4.69, 9.17) is 0 Å². The zero-order chi connectivity index (χ0) is 18.1. The molecule has 1 atom stereocenters. The van der Waals surface area contributed by atoms with Gasteiger partial charge in [-0.25, -0.2) is 14.5 Å². The first-order chi connectivity index (χ1) is 12.6. The molecule has 4 rings (SSSR count). The van der Waals surface area contributed by atoms with Gasteiger partial charge in [0.1, 0.15) is 12.2 Å². The van der Waals surface area contributed by atoms with E-state index in [-0.39, 0.29) is 5.91 Å². The molecule has 1 aliphatic rings. The molecule has 4 heterocycles. The number of hydrogen-bond donors (Lipinski definition) is 1. The number of aryl methyl sites for hydroxylation is 2. The maximum atomic E-state index is 12.8. The lowest BCUT2D eigenvalue weighted by molar-refractivity contribution is -0.132. The van der Waals surface area contributed by atoms with Gasteiger partial charge < -0.3 is 9.88 Å². The van der Waals surface area contributed by atoms with Crippen molar-refractivity contribution in [3.8, 4) is 0 Å². The van der Waals surface area contributed by atoms with Gasteiger partial charge in [-0.15, -0.1) is 0 Å². The zero-order valence-electron chi connectivity index (χ0n) is 15.1. The van der Waals surface area contributed by atoms with E-state index in [0.717, 1.165) is 48.7 Å². The van der Waals surface area contributed by atoms with Gasteiger partial charge in [-0.05, 0) is 38.7 Å². The number of fused-ring (bicyclic) bond motifs is 1.